The van der Waals surface area contributed by atoms with E-state index in [0.717, 1.165) is 50.1 Å². The number of hydrogen-bond acceptors (Lipinski definition) is 10. The molecular formula is C24H28N10O2. The van der Waals surface area contributed by atoms with Crippen molar-refractivity contribution in [2.45, 2.75) is 57.5 Å². The highest BCUT2D eigenvalue weighted by Crippen LogP contribution is 2.45. The highest BCUT2D eigenvalue weighted by atomic mass is 16.5. The molecule has 1 amide bonds. The van der Waals surface area contributed by atoms with Crippen LogP contribution < -0.4 is 11.1 Å². The molecule has 4 aromatic heterocycles. The molecule has 12 nitrogen and oxygen atoms in total. The van der Waals surface area contributed by atoms with Gasteiger partial charge in [-0.05, 0) is 45.7 Å². The number of anilines is 1. The minimum absolute atomic E-state index is 0.0602. The van der Waals surface area contributed by atoms with Gasteiger partial charge in [-0.15, -0.1) is 0 Å². The van der Waals surface area contributed by atoms with Gasteiger partial charge in [0.05, 0.1) is 12.2 Å². The number of H-pyrrole nitrogens is 1. The Labute approximate surface area is 207 Å². The van der Waals surface area contributed by atoms with E-state index in [1.807, 2.05) is 6.92 Å². The molecule has 186 valence electrons. The van der Waals surface area contributed by atoms with Gasteiger partial charge in [0.15, 0.2) is 17.2 Å². The van der Waals surface area contributed by atoms with Gasteiger partial charge in [-0.25, -0.2) is 24.9 Å². The smallest absolute Gasteiger partial charge is 0.271 e. The minimum atomic E-state index is -0.458. The number of fused-ring (bicyclic) bond motifs is 1. The Balaban J connectivity index is 1.19. The van der Waals surface area contributed by atoms with Crippen LogP contribution in [0.5, 0.6) is 0 Å². The number of nitrogens with one attached hydrogen (secondary N) is 2. The molecule has 0 aromatic carbocycles. The maximum atomic E-state index is 13.1. The third-order valence-corrected chi connectivity index (χ3v) is 7.10. The Morgan fingerprint density at radius 3 is 2.83 bits per heavy atom. The average molecular weight is 489 g/mol. The highest BCUT2D eigenvalue weighted by Gasteiger charge is 2.42. The first-order chi connectivity index (χ1) is 17.4. The van der Waals surface area contributed by atoms with Crippen molar-refractivity contribution in [3.8, 4) is 11.5 Å². The van der Waals surface area contributed by atoms with Crippen molar-refractivity contribution >= 4 is 22.9 Å². The van der Waals surface area contributed by atoms with Gasteiger partial charge < -0.3 is 20.6 Å². The number of imidazole rings is 1. The summed E-state index contributed by atoms with van der Waals surface area (Å²) in [6, 6.07) is 1.29. The van der Waals surface area contributed by atoms with Crippen molar-refractivity contribution in [3.05, 3.63) is 41.4 Å². The lowest BCUT2D eigenvalue weighted by atomic mass is 10.1. The molecule has 2 aliphatic rings. The molecule has 1 atom stereocenters. The van der Waals surface area contributed by atoms with E-state index in [1.54, 1.807) is 12.3 Å². The average Bonchev–Trinajstić information content (AvgIpc) is 3.31. The van der Waals surface area contributed by atoms with Crippen molar-refractivity contribution in [2.75, 3.05) is 18.8 Å². The molecule has 1 aliphatic heterocycles. The van der Waals surface area contributed by atoms with Gasteiger partial charge in [-0.1, -0.05) is 12.1 Å². The number of carbonyl (C=O) groups is 1. The Kier molecular flexibility index (Phi) is 5.40. The second-order valence-electron chi connectivity index (χ2n) is 9.96. The lowest BCUT2D eigenvalue weighted by Gasteiger charge is -2.18. The van der Waals surface area contributed by atoms with Crippen LogP contribution in [0.3, 0.4) is 0 Å². The molecule has 5 heterocycles. The molecule has 1 saturated heterocycles. The van der Waals surface area contributed by atoms with Gasteiger partial charge in [0.1, 0.15) is 34.9 Å². The van der Waals surface area contributed by atoms with E-state index in [0.29, 0.717) is 40.9 Å². The first-order valence-electron chi connectivity index (χ1n) is 12.2. The van der Waals surface area contributed by atoms with Gasteiger partial charge in [-0.2, -0.15) is 0 Å². The van der Waals surface area contributed by atoms with Crippen molar-refractivity contribution in [2.24, 2.45) is 0 Å². The van der Waals surface area contributed by atoms with Crippen LogP contribution in [0.1, 0.15) is 73.2 Å². The molecule has 1 saturated carbocycles. The maximum absolute atomic E-state index is 13.1. The topological polar surface area (TPSA) is 165 Å². The van der Waals surface area contributed by atoms with E-state index < -0.39 is 6.04 Å². The van der Waals surface area contributed by atoms with E-state index in [2.05, 4.69) is 52.2 Å². The van der Waals surface area contributed by atoms with Crippen LogP contribution in [0.15, 0.2) is 23.1 Å². The lowest BCUT2D eigenvalue weighted by molar-refractivity contribution is 0.0926. The number of carbonyl (C=O) groups excluding carboxylic acids is 1. The summed E-state index contributed by atoms with van der Waals surface area (Å²) in [6.45, 7) is 6.47. The number of nitrogens with two attached hydrogens (primary N) is 1. The molecule has 4 N–H and O–H groups in total. The zero-order chi connectivity index (χ0) is 24.9. The fourth-order valence-electron chi connectivity index (χ4n) is 4.51. The van der Waals surface area contributed by atoms with E-state index >= 15 is 0 Å². The molecule has 0 radical (unpaired) electrons. The molecule has 36 heavy (non-hydrogen) atoms. The Morgan fingerprint density at radius 1 is 1.25 bits per heavy atom. The molecule has 2 fully saturated rings. The fraction of sp³-hybridized carbons (Fsp3) is 0.458. The third kappa shape index (κ3) is 4.17. The summed E-state index contributed by atoms with van der Waals surface area (Å²) in [6.07, 6.45) is 7.53. The summed E-state index contributed by atoms with van der Waals surface area (Å²) in [7, 11) is 0. The van der Waals surface area contributed by atoms with Crippen LogP contribution >= 0.6 is 0 Å². The monoisotopic (exact) mass is 488 g/mol. The normalized spacial score (nSPS) is 17.9. The molecule has 0 spiro atoms. The number of aromatic nitrogens is 7. The predicted molar refractivity (Wildman–Crippen MR) is 131 cm³/mol. The summed E-state index contributed by atoms with van der Waals surface area (Å²) in [5, 5.41) is 7.08. The van der Waals surface area contributed by atoms with Crippen molar-refractivity contribution < 1.29 is 9.32 Å². The predicted octanol–water partition coefficient (Wildman–Crippen LogP) is 2.52. The molecule has 12 heteroatoms. The number of likely N-dealkylation sites (tertiary alicyclic amines) is 1. The van der Waals surface area contributed by atoms with Crippen LogP contribution in [0.25, 0.3) is 22.7 Å². The van der Waals surface area contributed by atoms with Gasteiger partial charge in [-0.3, -0.25) is 9.69 Å². The summed E-state index contributed by atoms with van der Waals surface area (Å²) in [5.41, 5.74) is 8.94. The van der Waals surface area contributed by atoms with Crippen LogP contribution in [0.4, 0.5) is 5.82 Å². The van der Waals surface area contributed by atoms with Gasteiger partial charge in [0.25, 0.3) is 5.91 Å². The van der Waals surface area contributed by atoms with Crippen molar-refractivity contribution in [1.29, 1.82) is 0 Å². The first kappa shape index (κ1) is 22.5. The summed E-state index contributed by atoms with van der Waals surface area (Å²) >= 11 is 0. The van der Waals surface area contributed by atoms with Crippen molar-refractivity contribution in [3.63, 3.8) is 0 Å². The second kappa shape index (κ2) is 8.63. The van der Waals surface area contributed by atoms with Gasteiger partial charge in [0, 0.05) is 23.6 Å². The number of amides is 1. The lowest BCUT2D eigenvalue weighted by Crippen LogP contribution is -2.30. The molecule has 1 aliphatic carbocycles. The van der Waals surface area contributed by atoms with Crippen LogP contribution in [0.2, 0.25) is 0 Å². The molecule has 0 unspecified atom stereocenters. The number of nitrogens with zero attached hydrogens (tertiary/aromatic N) is 7. The maximum Gasteiger partial charge on any atom is 0.271 e. The van der Waals surface area contributed by atoms with Gasteiger partial charge in [0.2, 0.25) is 0 Å². The minimum Gasteiger partial charge on any atom is -0.383 e. The zero-order valence-electron chi connectivity index (χ0n) is 20.3. The second-order valence-corrected chi connectivity index (χ2v) is 9.96. The Hall–Kier alpha value is -3.93. The zero-order valence-corrected chi connectivity index (χ0v) is 20.3. The fourth-order valence-corrected chi connectivity index (χ4v) is 4.51. The van der Waals surface area contributed by atoms with E-state index in [1.165, 1.54) is 6.33 Å². The van der Waals surface area contributed by atoms with Crippen LogP contribution in [-0.4, -0.2) is 59.0 Å². The molecule has 4 aromatic rings. The Morgan fingerprint density at radius 2 is 2.06 bits per heavy atom. The van der Waals surface area contributed by atoms with Crippen LogP contribution in [0, 0.1) is 0 Å². The largest absolute Gasteiger partial charge is 0.383 e. The highest BCUT2D eigenvalue weighted by molar-refractivity contribution is 5.94. The van der Waals surface area contributed by atoms with E-state index in [4.69, 9.17) is 10.3 Å². The summed E-state index contributed by atoms with van der Waals surface area (Å²) in [4.78, 5) is 40.6. The van der Waals surface area contributed by atoms with Crippen molar-refractivity contribution in [1.82, 2.24) is 45.3 Å². The van der Waals surface area contributed by atoms with E-state index in [-0.39, 0.29) is 17.0 Å². The Bertz CT molecular complexity index is 1430. The first-order valence-corrected chi connectivity index (χ1v) is 12.2. The SMILES string of the molecule is C[C@@H](NC(=O)c1ncnc(N)c1CN1CCCC1)c1cc(-c2nc3nc(C4(C)CC4)ncc3[nH]2)no1. The summed E-state index contributed by atoms with van der Waals surface area (Å²) < 4.78 is 5.54. The van der Waals surface area contributed by atoms with Crippen LogP contribution in [-0.2, 0) is 12.0 Å². The standard InChI is InChI=1S/C24H28N10O2/c1-13(29-22(35)18-14(19(25)28-12-27-18)11-34-7-3-4-8-34)17-9-15(33-36-17)20-30-16-10-26-23(24(2)5-6-24)32-21(16)31-20/h9-10,12-13H,3-8,11H2,1-2H3,(H,29,35)(H2,25,27,28)(H,26,30,31,32)/t13-/m1/s1. The number of aromatic amines is 1. The summed E-state index contributed by atoms with van der Waals surface area (Å²) in [5.74, 6) is 1.81. The van der Waals surface area contributed by atoms with Gasteiger partial charge >= 0.3 is 0 Å². The number of hydrogen-bond donors (Lipinski definition) is 3. The van der Waals surface area contributed by atoms with E-state index in [9.17, 15) is 4.79 Å². The number of rotatable bonds is 7. The molecular weight excluding hydrogens is 460 g/mol. The number of nitrogen functional groups attached to an aromatic ring is 1. The molecule has 0 bridgehead atoms. The third-order valence-electron chi connectivity index (χ3n) is 7.10. The quantitative estimate of drug-likeness (QED) is 0.352. The molecule has 6 rings (SSSR count).